The van der Waals surface area contributed by atoms with Crippen LogP contribution in [0.25, 0.3) is 11.0 Å². The van der Waals surface area contributed by atoms with E-state index < -0.39 is 0 Å². The molecule has 1 aliphatic heterocycles. The topological polar surface area (TPSA) is 72.3 Å². The number of aldehydes is 1. The Morgan fingerprint density at radius 3 is 2.83 bits per heavy atom. The molecule has 0 bridgehead atoms. The number of nitrogens with zero attached hydrogens (tertiary/aromatic N) is 4. The molecule has 1 fully saturated rings. The SMILES string of the molecule is O=Cc1ccc2nc(NCCCN3CCOCC3)n(Cc3cccc(Br)n3)c2c1. The van der Waals surface area contributed by atoms with E-state index in [9.17, 15) is 4.79 Å². The molecular weight excluding hydrogens is 434 g/mol. The van der Waals surface area contributed by atoms with Crippen LogP contribution in [0.15, 0.2) is 41.0 Å². The summed E-state index contributed by atoms with van der Waals surface area (Å²) in [5.74, 6) is 0.798. The number of halogens is 1. The van der Waals surface area contributed by atoms with Gasteiger partial charge in [0.1, 0.15) is 10.9 Å². The summed E-state index contributed by atoms with van der Waals surface area (Å²) < 4.78 is 8.29. The van der Waals surface area contributed by atoms with Gasteiger partial charge in [0.15, 0.2) is 0 Å². The second kappa shape index (κ2) is 9.47. The summed E-state index contributed by atoms with van der Waals surface area (Å²) in [6.45, 7) is 6.09. The van der Waals surface area contributed by atoms with Crippen LogP contribution in [0.3, 0.4) is 0 Å². The number of rotatable bonds is 8. The lowest BCUT2D eigenvalue weighted by Crippen LogP contribution is -2.37. The fourth-order valence-electron chi connectivity index (χ4n) is 3.54. The average molecular weight is 458 g/mol. The highest BCUT2D eigenvalue weighted by atomic mass is 79.9. The van der Waals surface area contributed by atoms with Crippen LogP contribution < -0.4 is 5.32 Å². The molecule has 29 heavy (non-hydrogen) atoms. The second-order valence-electron chi connectivity index (χ2n) is 7.07. The third-order valence-electron chi connectivity index (χ3n) is 5.04. The molecule has 1 aliphatic rings. The van der Waals surface area contributed by atoms with Crippen molar-refractivity contribution in [2.45, 2.75) is 13.0 Å². The number of carbonyl (C=O) groups is 1. The van der Waals surface area contributed by atoms with Crippen LogP contribution in [0, 0.1) is 0 Å². The first-order chi connectivity index (χ1) is 14.2. The summed E-state index contributed by atoms with van der Waals surface area (Å²) in [7, 11) is 0. The van der Waals surface area contributed by atoms with Gasteiger partial charge < -0.3 is 14.6 Å². The first-order valence-electron chi connectivity index (χ1n) is 9.84. The van der Waals surface area contributed by atoms with Gasteiger partial charge in [-0.2, -0.15) is 0 Å². The van der Waals surface area contributed by atoms with Crippen molar-refractivity contribution in [2.24, 2.45) is 0 Å². The maximum Gasteiger partial charge on any atom is 0.204 e. The maximum absolute atomic E-state index is 11.3. The molecule has 2 aromatic heterocycles. The highest BCUT2D eigenvalue weighted by Gasteiger charge is 2.13. The highest BCUT2D eigenvalue weighted by molar-refractivity contribution is 9.10. The predicted octanol–water partition coefficient (Wildman–Crippen LogP) is 3.19. The van der Waals surface area contributed by atoms with Gasteiger partial charge >= 0.3 is 0 Å². The summed E-state index contributed by atoms with van der Waals surface area (Å²) in [6, 6.07) is 11.4. The molecule has 1 saturated heterocycles. The van der Waals surface area contributed by atoms with Crippen LogP contribution in [-0.4, -0.2) is 65.1 Å². The lowest BCUT2D eigenvalue weighted by atomic mass is 10.2. The molecule has 4 rings (SSSR count). The molecule has 3 aromatic rings. The molecule has 1 N–H and O–H groups in total. The second-order valence-corrected chi connectivity index (χ2v) is 7.89. The Balaban J connectivity index is 1.52. The fourth-order valence-corrected chi connectivity index (χ4v) is 3.92. The van der Waals surface area contributed by atoms with E-state index in [-0.39, 0.29) is 0 Å². The Morgan fingerprint density at radius 1 is 1.17 bits per heavy atom. The van der Waals surface area contributed by atoms with Crippen molar-refractivity contribution >= 4 is 39.2 Å². The number of ether oxygens (including phenoxy) is 1. The Morgan fingerprint density at radius 2 is 2.03 bits per heavy atom. The maximum atomic E-state index is 11.3. The van der Waals surface area contributed by atoms with E-state index in [2.05, 4.69) is 35.7 Å². The standard InChI is InChI=1S/C21H24BrN5O2/c22-20-4-1-3-17(24-20)14-27-19-13-16(15-28)5-6-18(19)25-21(27)23-7-2-8-26-9-11-29-12-10-26/h1,3-6,13,15H,2,7-12,14H2,(H,23,25). The van der Waals surface area contributed by atoms with Gasteiger partial charge in [-0.1, -0.05) is 6.07 Å². The van der Waals surface area contributed by atoms with Crippen molar-refractivity contribution in [2.75, 3.05) is 44.7 Å². The van der Waals surface area contributed by atoms with Crippen molar-refractivity contribution in [1.82, 2.24) is 19.4 Å². The van der Waals surface area contributed by atoms with Gasteiger partial charge in [0.2, 0.25) is 5.95 Å². The van der Waals surface area contributed by atoms with E-state index in [1.54, 1.807) is 6.07 Å². The third-order valence-corrected chi connectivity index (χ3v) is 5.48. The molecule has 0 saturated carbocycles. The Bertz CT molecular complexity index is 984. The number of pyridine rings is 1. The number of morpholine rings is 1. The van der Waals surface area contributed by atoms with Gasteiger partial charge in [0.05, 0.1) is 36.5 Å². The number of carbonyl (C=O) groups excluding carboxylic acids is 1. The van der Waals surface area contributed by atoms with Gasteiger partial charge in [-0.25, -0.2) is 9.97 Å². The number of benzene rings is 1. The van der Waals surface area contributed by atoms with Crippen LogP contribution in [0.1, 0.15) is 22.5 Å². The zero-order valence-electron chi connectivity index (χ0n) is 16.2. The van der Waals surface area contributed by atoms with E-state index >= 15 is 0 Å². The van der Waals surface area contributed by atoms with Crippen molar-refractivity contribution in [3.05, 3.63) is 52.3 Å². The molecule has 0 radical (unpaired) electrons. The number of anilines is 1. The van der Waals surface area contributed by atoms with Crippen LogP contribution in [0.2, 0.25) is 0 Å². The molecule has 1 aromatic carbocycles. The number of aromatic nitrogens is 3. The molecule has 3 heterocycles. The number of nitrogens with one attached hydrogen (secondary N) is 1. The van der Waals surface area contributed by atoms with E-state index in [4.69, 9.17) is 9.72 Å². The van der Waals surface area contributed by atoms with Crippen LogP contribution in [0.5, 0.6) is 0 Å². The molecule has 152 valence electrons. The number of imidazole rings is 1. The molecular formula is C21H24BrN5O2. The van der Waals surface area contributed by atoms with Crippen molar-refractivity contribution in [3.63, 3.8) is 0 Å². The quantitative estimate of drug-likeness (QED) is 0.318. The molecule has 0 atom stereocenters. The summed E-state index contributed by atoms with van der Waals surface area (Å²) >= 11 is 3.43. The minimum Gasteiger partial charge on any atom is -0.379 e. The molecule has 0 amide bonds. The van der Waals surface area contributed by atoms with E-state index in [1.165, 1.54) is 0 Å². The van der Waals surface area contributed by atoms with Gasteiger partial charge in [-0.3, -0.25) is 9.69 Å². The lowest BCUT2D eigenvalue weighted by Gasteiger charge is -2.26. The average Bonchev–Trinajstić information content (AvgIpc) is 3.08. The van der Waals surface area contributed by atoms with E-state index in [1.807, 2.05) is 30.3 Å². The van der Waals surface area contributed by atoms with Crippen molar-refractivity contribution in [1.29, 1.82) is 0 Å². The number of hydrogen-bond acceptors (Lipinski definition) is 6. The molecule has 0 unspecified atom stereocenters. The van der Waals surface area contributed by atoms with Crippen LogP contribution in [-0.2, 0) is 11.3 Å². The Labute approximate surface area is 178 Å². The molecule has 0 aliphatic carbocycles. The summed E-state index contributed by atoms with van der Waals surface area (Å²) in [5, 5.41) is 3.48. The first-order valence-corrected chi connectivity index (χ1v) is 10.6. The fraction of sp³-hybridized carbons (Fsp3) is 0.381. The monoisotopic (exact) mass is 457 g/mol. The molecule has 0 spiro atoms. The zero-order chi connectivity index (χ0) is 20.1. The van der Waals surface area contributed by atoms with Gasteiger partial charge in [0.25, 0.3) is 0 Å². The minimum absolute atomic E-state index is 0.573. The number of hydrogen-bond donors (Lipinski definition) is 1. The third kappa shape index (κ3) is 5.01. The van der Waals surface area contributed by atoms with Crippen LogP contribution >= 0.6 is 15.9 Å². The largest absolute Gasteiger partial charge is 0.379 e. The zero-order valence-corrected chi connectivity index (χ0v) is 17.8. The summed E-state index contributed by atoms with van der Waals surface area (Å²) in [4.78, 5) is 23.0. The van der Waals surface area contributed by atoms with Crippen molar-refractivity contribution in [3.8, 4) is 0 Å². The lowest BCUT2D eigenvalue weighted by molar-refractivity contribution is 0.0378. The van der Waals surface area contributed by atoms with Gasteiger partial charge in [-0.05, 0) is 59.2 Å². The smallest absolute Gasteiger partial charge is 0.204 e. The van der Waals surface area contributed by atoms with Crippen molar-refractivity contribution < 1.29 is 9.53 Å². The predicted molar refractivity (Wildman–Crippen MR) is 117 cm³/mol. The molecule has 8 heteroatoms. The van der Waals surface area contributed by atoms with Gasteiger partial charge in [-0.15, -0.1) is 0 Å². The summed E-state index contributed by atoms with van der Waals surface area (Å²) in [5.41, 5.74) is 3.35. The van der Waals surface area contributed by atoms with E-state index in [0.29, 0.717) is 12.1 Å². The minimum atomic E-state index is 0.573. The Hall–Kier alpha value is -2.29. The number of fused-ring (bicyclic) bond motifs is 1. The Kier molecular flexibility index (Phi) is 6.53. The normalized spacial score (nSPS) is 14.9. The van der Waals surface area contributed by atoms with E-state index in [0.717, 1.165) is 79.4 Å². The van der Waals surface area contributed by atoms with Crippen LogP contribution in [0.4, 0.5) is 5.95 Å². The first kappa shape index (κ1) is 20.0. The highest BCUT2D eigenvalue weighted by Crippen LogP contribution is 2.22. The summed E-state index contributed by atoms with van der Waals surface area (Å²) in [6.07, 6.45) is 1.89. The molecule has 7 nitrogen and oxygen atoms in total. The van der Waals surface area contributed by atoms with Gasteiger partial charge in [0, 0.05) is 25.2 Å².